The molecule has 0 aliphatic carbocycles. The van der Waals surface area contributed by atoms with Gasteiger partial charge in [0, 0.05) is 37.4 Å². The van der Waals surface area contributed by atoms with Gasteiger partial charge < -0.3 is 9.80 Å². The van der Waals surface area contributed by atoms with Crippen LogP contribution in [-0.2, 0) is 26.1 Å². The highest BCUT2D eigenvalue weighted by Crippen LogP contribution is 2.29. The standard InChI is InChI=1S/C30H28N2O/c33-30(32(22-24-9-3-1-4-10-24)23-25-11-5-2-6-12-25)28-17-15-26(16-18-28)21-31-20-19-27-13-7-8-14-29(27)31/h1-18H,19-23H2. The van der Waals surface area contributed by atoms with Crippen LogP contribution in [0.15, 0.2) is 109 Å². The Labute approximate surface area is 195 Å². The molecule has 0 bridgehead atoms. The Morgan fingerprint density at radius 1 is 0.667 bits per heavy atom. The first kappa shape index (κ1) is 21.0. The van der Waals surface area contributed by atoms with E-state index in [4.69, 9.17) is 0 Å². The Bertz CT molecular complexity index is 1160. The molecule has 1 aliphatic rings. The fourth-order valence-electron chi connectivity index (χ4n) is 4.53. The van der Waals surface area contributed by atoms with Crippen molar-refractivity contribution in [3.8, 4) is 0 Å². The fraction of sp³-hybridized carbons (Fsp3) is 0.167. The van der Waals surface area contributed by atoms with Crippen LogP contribution in [0.25, 0.3) is 0 Å². The third-order valence-corrected chi connectivity index (χ3v) is 6.28. The molecule has 1 amide bonds. The Kier molecular flexibility index (Phi) is 6.21. The summed E-state index contributed by atoms with van der Waals surface area (Å²) in [5, 5.41) is 0. The average molecular weight is 433 g/mol. The second-order valence-electron chi connectivity index (χ2n) is 8.63. The summed E-state index contributed by atoms with van der Waals surface area (Å²) in [5.74, 6) is 0.0563. The maximum atomic E-state index is 13.5. The van der Waals surface area contributed by atoms with E-state index in [1.165, 1.54) is 16.8 Å². The molecule has 5 rings (SSSR count). The molecular formula is C30H28N2O. The van der Waals surface area contributed by atoms with Crippen LogP contribution in [0, 0.1) is 0 Å². The van der Waals surface area contributed by atoms with Crippen molar-refractivity contribution in [2.75, 3.05) is 11.4 Å². The number of benzene rings is 4. The maximum absolute atomic E-state index is 13.5. The third kappa shape index (κ3) is 4.98. The van der Waals surface area contributed by atoms with Crippen LogP contribution in [-0.4, -0.2) is 17.4 Å². The van der Waals surface area contributed by atoms with E-state index in [0.29, 0.717) is 13.1 Å². The molecule has 0 saturated heterocycles. The lowest BCUT2D eigenvalue weighted by Crippen LogP contribution is -2.30. The number of fused-ring (bicyclic) bond motifs is 1. The van der Waals surface area contributed by atoms with Gasteiger partial charge in [-0.1, -0.05) is 91.0 Å². The van der Waals surface area contributed by atoms with E-state index in [1.807, 2.05) is 53.4 Å². The number of para-hydroxylation sites is 1. The molecule has 0 saturated carbocycles. The summed E-state index contributed by atoms with van der Waals surface area (Å²) in [5.41, 5.74) is 6.96. The van der Waals surface area contributed by atoms with E-state index < -0.39 is 0 Å². The van der Waals surface area contributed by atoms with Gasteiger partial charge in [0.25, 0.3) is 5.91 Å². The molecule has 3 nitrogen and oxygen atoms in total. The summed E-state index contributed by atoms with van der Waals surface area (Å²) >= 11 is 0. The summed E-state index contributed by atoms with van der Waals surface area (Å²) in [6.45, 7) is 3.08. The summed E-state index contributed by atoms with van der Waals surface area (Å²) in [4.78, 5) is 17.8. The number of rotatable bonds is 7. The van der Waals surface area contributed by atoms with Crippen molar-refractivity contribution in [3.05, 3.63) is 137 Å². The van der Waals surface area contributed by atoms with Gasteiger partial charge in [-0.05, 0) is 46.9 Å². The summed E-state index contributed by atoms with van der Waals surface area (Å²) in [6.07, 6.45) is 1.10. The van der Waals surface area contributed by atoms with Gasteiger partial charge in [-0.2, -0.15) is 0 Å². The number of carbonyl (C=O) groups excluding carboxylic acids is 1. The van der Waals surface area contributed by atoms with Crippen molar-refractivity contribution < 1.29 is 4.79 Å². The van der Waals surface area contributed by atoms with Gasteiger partial charge in [-0.3, -0.25) is 4.79 Å². The topological polar surface area (TPSA) is 23.6 Å². The molecule has 0 atom stereocenters. The lowest BCUT2D eigenvalue weighted by molar-refractivity contribution is 0.0730. The molecule has 0 radical (unpaired) electrons. The van der Waals surface area contributed by atoms with Crippen molar-refractivity contribution in [1.29, 1.82) is 0 Å². The molecule has 4 aromatic rings. The van der Waals surface area contributed by atoms with Crippen LogP contribution in [0.5, 0.6) is 0 Å². The van der Waals surface area contributed by atoms with Crippen molar-refractivity contribution in [3.63, 3.8) is 0 Å². The number of anilines is 1. The minimum atomic E-state index is 0.0563. The normalized spacial score (nSPS) is 12.4. The Morgan fingerprint density at radius 2 is 1.24 bits per heavy atom. The highest BCUT2D eigenvalue weighted by molar-refractivity contribution is 5.94. The second-order valence-corrected chi connectivity index (χ2v) is 8.63. The fourth-order valence-corrected chi connectivity index (χ4v) is 4.53. The van der Waals surface area contributed by atoms with Crippen LogP contribution < -0.4 is 4.90 Å². The second kappa shape index (κ2) is 9.74. The van der Waals surface area contributed by atoms with E-state index >= 15 is 0 Å². The minimum absolute atomic E-state index is 0.0563. The molecule has 0 fully saturated rings. The monoisotopic (exact) mass is 432 g/mol. The molecule has 0 aromatic heterocycles. The van der Waals surface area contributed by atoms with Gasteiger partial charge in [0.2, 0.25) is 0 Å². The predicted molar refractivity (Wildman–Crippen MR) is 134 cm³/mol. The molecule has 164 valence electrons. The molecule has 4 aromatic carbocycles. The number of carbonyl (C=O) groups is 1. The molecule has 0 N–H and O–H groups in total. The van der Waals surface area contributed by atoms with Crippen molar-refractivity contribution >= 4 is 11.6 Å². The van der Waals surface area contributed by atoms with Crippen molar-refractivity contribution in [1.82, 2.24) is 4.90 Å². The van der Waals surface area contributed by atoms with Gasteiger partial charge in [0.1, 0.15) is 0 Å². The largest absolute Gasteiger partial charge is 0.367 e. The van der Waals surface area contributed by atoms with Gasteiger partial charge in [-0.15, -0.1) is 0 Å². The van der Waals surface area contributed by atoms with Gasteiger partial charge in [0.15, 0.2) is 0 Å². The minimum Gasteiger partial charge on any atom is -0.367 e. The van der Waals surface area contributed by atoms with Crippen LogP contribution in [0.3, 0.4) is 0 Å². The quantitative estimate of drug-likeness (QED) is 0.353. The number of nitrogens with zero attached hydrogens (tertiary/aromatic N) is 2. The van der Waals surface area contributed by atoms with Gasteiger partial charge in [0.05, 0.1) is 0 Å². The highest BCUT2D eigenvalue weighted by atomic mass is 16.2. The third-order valence-electron chi connectivity index (χ3n) is 6.28. The van der Waals surface area contributed by atoms with E-state index in [1.54, 1.807) is 0 Å². The number of hydrogen-bond acceptors (Lipinski definition) is 2. The summed E-state index contributed by atoms with van der Waals surface area (Å²) in [7, 11) is 0. The Morgan fingerprint density at radius 3 is 1.88 bits per heavy atom. The smallest absolute Gasteiger partial charge is 0.254 e. The summed E-state index contributed by atoms with van der Waals surface area (Å²) < 4.78 is 0. The molecule has 0 spiro atoms. The molecular weight excluding hydrogens is 404 g/mol. The lowest BCUT2D eigenvalue weighted by Gasteiger charge is -2.24. The Hall–Kier alpha value is -3.85. The molecule has 1 heterocycles. The number of amides is 1. The van der Waals surface area contributed by atoms with Crippen molar-refractivity contribution in [2.45, 2.75) is 26.1 Å². The highest BCUT2D eigenvalue weighted by Gasteiger charge is 2.20. The molecule has 33 heavy (non-hydrogen) atoms. The first-order valence-electron chi connectivity index (χ1n) is 11.6. The Balaban J connectivity index is 1.32. The van der Waals surface area contributed by atoms with Crippen LogP contribution in [0.2, 0.25) is 0 Å². The molecule has 0 unspecified atom stereocenters. The van der Waals surface area contributed by atoms with E-state index in [0.717, 1.165) is 36.2 Å². The van der Waals surface area contributed by atoms with Crippen LogP contribution in [0.4, 0.5) is 5.69 Å². The van der Waals surface area contributed by atoms with Crippen LogP contribution >= 0.6 is 0 Å². The first-order chi connectivity index (χ1) is 16.3. The predicted octanol–water partition coefficient (Wildman–Crippen LogP) is 6.09. The van der Waals surface area contributed by atoms with Crippen molar-refractivity contribution in [2.24, 2.45) is 0 Å². The van der Waals surface area contributed by atoms with Gasteiger partial charge >= 0.3 is 0 Å². The zero-order valence-corrected chi connectivity index (χ0v) is 18.7. The van der Waals surface area contributed by atoms with Gasteiger partial charge in [-0.25, -0.2) is 0 Å². The summed E-state index contributed by atoms with van der Waals surface area (Å²) in [6, 6.07) is 37.1. The average Bonchev–Trinajstić information content (AvgIpc) is 3.28. The number of hydrogen-bond donors (Lipinski definition) is 0. The van der Waals surface area contributed by atoms with E-state index in [-0.39, 0.29) is 5.91 Å². The first-order valence-corrected chi connectivity index (χ1v) is 11.6. The van der Waals surface area contributed by atoms with E-state index in [9.17, 15) is 4.79 Å². The zero-order chi connectivity index (χ0) is 22.5. The molecule has 3 heteroatoms. The van der Waals surface area contributed by atoms with E-state index in [2.05, 4.69) is 65.6 Å². The SMILES string of the molecule is O=C(c1ccc(CN2CCc3ccccc32)cc1)N(Cc1ccccc1)Cc1ccccc1. The zero-order valence-electron chi connectivity index (χ0n) is 18.7. The lowest BCUT2D eigenvalue weighted by atomic mass is 10.1. The maximum Gasteiger partial charge on any atom is 0.254 e. The van der Waals surface area contributed by atoms with Crippen LogP contribution in [0.1, 0.15) is 32.6 Å². The molecule has 1 aliphatic heterocycles.